The van der Waals surface area contributed by atoms with E-state index in [0.717, 1.165) is 4.90 Å². The van der Waals surface area contributed by atoms with Gasteiger partial charge in [-0.15, -0.1) is 0 Å². The van der Waals surface area contributed by atoms with E-state index in [0.29, 0.717) is 5.69 Å². The van der Waals surface area contributed by atoms with Crippen molar-refractivity contribution in [1.29, 1.82) is 0 Å². The molecular weight excluding hydrogens is 454 g/mol. The van der Waals surface area contributed by atoms with Gasteiger partial charge in [0.25, 0.3) is 18.3 Å². The van der Waals surface area contributed by atoms with Crippen LogP contribution in [0.3, 0.4) is 0 Å². The van der Waals surface area contributed by atoms with E-state index in [1.165, 1.54) is 12.1 Å². The largest absolute Gasteiger partial charge is 0.481 e. The number of carbonyl (C=O) groups excluding carboxylic acids is 4. The maximum Gasteiger partial charge on any atom is 0.305 e. The van der Waals surface area contributed by atoms with Crippen LogP contribution < -0.4 is 10.6 Å². The van der Waals surface area contributed by atoms with Crippen LogP contribution in [0.2, 0.25) is 0 Å². The number of carbonyl (C=O) groups is 5. The first kappa shape index (κ1) is 23.8. The Morgan fingerprint density at radius 2 is 1.97 bits per heavy atom. The van der Waals surface area contributed by atoms with E-state index in [1.54, 1.807) is 13.0 Å². The van der Waals surface area contributed by atoms with Gasteiger partial charge in [-0.2, -0.15) is 0 Å². The van der Waals surface area contributed by atoms with Crippen LogP contribution >= 0.6 is 0 Å². The summed E-state index contributed by atoms with van der Waals surface area (Å²) in [4.78, 5) is 60.5. The molecule has 2 fully saturated rings. The Balaban J connectivity index is 1.27. The molecule has 0 saturated carbocycles. The molecule has 0 bridgehead atoms. The summed E-state index contributed by atoms with van der Waals surface area (Å²) in [5, 5.41) is 13.8. The Morgan fingerprint density at radius 3 is 2.68 bits per heavy atom. The lowest BCUT2D eigenvalue weighted by Crippen LogP contribution is -2.54. The number of hydrogen-bond acceptors (Lipinski definition) is 10. The van der Waals surface area contributed by atoms with Crippen molar-refractivity contribution < 1.29 is 48.0 Å². The van der Waals surface area contributed by atoms with Gasteiger partial charge in [-0.05, 0) is 31.5 Å². The zero-order valence-electron chi connectivity index (χ0n) is 18.1. The van der Waals surface area contributed by atoms with Gasteiger partial charge in [-0.1, -0.05) is 0 Å². The van der Waals surface area contributed by atoms with Crippen LogP contribution in [-0.4, -0.2) is 77.9 Å². The summed E-state index contributed by atoms with van der Waals surface area (Å²) in [6.45, 7) is 0.823. The number of rotatable bonds is 10. The number of benzene rings is 1. The molecule has 3 aliphatic heterocycles. The highest BCUT2D eigenvalue weighted by Crippen LogP contribution is 2.30. The maximum absolute atomic E-state index is 12.9. The molecule has 3 N–H and O–H groups in total. The number of ether oxygens (including phenoxy) is 4. The van der Waals surface area contributed by atoms with Gasteiger partial charge in [-0.3, -0.25) is 43.7 Å². The van der Waals surface area contributed by atoms with Crippen LogP contribution in [0.25, 0.3) is 0 Å². The van der Waals surface area contributed by atoms with E-state index in [1.807, 2.05) is 0 Å². The van der Waals surface area contributed by atoms with Crippen molar-refractivity contribution in [3.8, 4) is 0 Å². The summed E-state index contributed by atoms with van der Waals surface area (Å²) in [5.74, 6) is -3.26. The van der Waals surface area contributed by atoms with E-state index in [9.17, 15) is 24.0 Å². The van der Waals surface area contributed by atoms with E-state index in [-0.39, 0.29) is 43.6 Å². The topological polar surface area (TPSA) is 170 Å². The molecule has 3 heterocycles. The van der Waals surface area contributed by atoms with Crippen molar-refractivity contribution in [2.24, 2.45) is 0 Å². The number of amides is 4. The predicted molar refractivity (Wildman–Crippen MR) is 110 cm³/mol. The van der Waals surface area contributed by atoms with E-state index < -0.39 is 54.6 Å². The normalized spacial score (nSPS) is 25.0. The van der Waals surface area contributed by atoms with Crippen LogP contribution in [-0.2, 0) is 33.3 Å². The SMILES string of the molecule is CC(Nc1ccc2c(c1)C(=O)N(C1CCC(=O)NC1=O)C2=O)OCC1OC(OCCC(=O)O)O1. The molecule has 13 nitrogen and oxygen atoms in total. The Bertz CT molecular complexity index is 1020. The molecule has 0 radical (unpaired) electrons. The minimum absolute atomic E-state index is 0.0357. The van der Waals surface area contributed by atoms with E-state index in [4.69, 9.17) is 24.1 Å². The summed E-state index contributed by atoms with van der Waals surface area (Å²) in [6.07, 6.45) is -1.21. The second kappa shape index (κ2) is 9.85. The molecule has 2 atom stereocenters. The summed E-state index contributed by atoms with van der Waals surface area (Å²) in [5.41, 5.74) is 0.848. The number of piperidine rings is 1. The third-order valence-electron chi connectivity index (χ3n) is 5.39. The molecule has 2 unspecified atom stereocenters. The maximum atomic E-state index is 12.9. The number of aliphatic carboxylic acids is 1. The number of nitrogens with one attached hydrogen (secondary N) is 2. The number of carboxylic acid groups (broad SMARTS) is 1. The fraction of sp³-hybridized carbons (Fsp3) is 0.476. The lowest BCUT2D eigenvalue weighted by molar-refractivity contribution is -0.473. The van der Waals surface area contributed by atoms with Gasteiger partial charge < -0.3 is 19.9 Å². The Hall–Kier alpha value is -3.39. The van der Waals surface area contributed by atoms with Crippen LogP contribution in [0.15, 0.2) is 18.2 Å². The quantitative estimate of drug-likeness (QED) is 0.306. The van der Waals surface area contributed by atoms with Gasteiger partial charge in [0.05, 0.1) is 24.2 Å². The van der Waals surface area contributed by atoms with Crippen LogP contribution in [0.4, 0.5) is 5.69 Å². The first-order valence-electron chi connectivity index (χ1n) is 10.6. The molecule has 182 valence electrons. The Labute approximate surface area is 193 Å². The second-order valence-corrected chi connectivity index (χ2v) is 7.83. The number of nitrogens with zero attached hydrogens (tertiary/aromatic N) is 1. The number of carboxylic acids is 1. The minimum atomic E-state index is -1.02. The van der Waals surface area contributed by atoms with Gasteiger partial charge in [0.1, 0.15) is 18.9 Å². The van der Waals surface area contributed by atoms with Gasteiger partial charge in [0.15, 0.2) is 6.29 Å². The van der Waals surface area contributed by atoms with Gasteiger partial charge in [-0.25, -0.2) is 0 Å². The summed E-state index contributed by atoms with van der Waals surface area (Å²) >= 11 is 0. The zero-order chi connectivity index (χ0) is 24.4. The molecule has 13 heteroatoms. The Morgan fingerprint density at radius 1 is 1.24 bits per heavy atom. The zero-order valence-corrected chi connectivity index (χ0v) is 18.1. The molecule has 2 saturated heterocycles. The minimum Gasteiger partial charge on any atom is -0.481 e. The smallest absolute Gasteiger partial charge is 0.305 e. The van der Waals surface area contributed by atoms with Crippen LogP contribution in [0.5, 0.6) is 0 Å². The standard InChI is InChI=1S/C21H23N3O10/c1-10(32-9-17-33-21(34-17)31-7-6-16(26)27)22-11-2-3-12-13(8-11)20(30)24(19(12)29)14-4-5-15(25)23-18(14)28/h2-3,8,10,14,17,21-22H,4-7,9H2,1H3,(H,26,27)(H,23,25,28). The molecule has 4 rings (SSSR count). The summed E-state index contributed by atoms with van der Waals surface area (Å²) in [6, 6.07) is 3.58. The molecule has 4 amide bonds. The molecule has 3 aliphatic rings. The molecule has 34 heavy (non-hydrogen) atoms. The monoisotopic (exact) mass is 477 g/mol. The van der Waals surface area contributed by atoms with Gasteiger partial charge in [0.2, 0.25) is 11.8 Å². The van der Waals surface area contributed by atoms with Crippen molar-refractivity contribution in [1.82, 2.24) is 10.2 Å². The first-order chi connectivity index (χ1) is 16.2. The third-order valence-corrected chi connectivity index (χ3v) is 5.39. The molecule has 0 aliphatic carbocycles. The average Bonchev–Trinajstić information content (AvgIpc) is 2.99. The second-order valence-electron chi connectivity index (χ2n) is 7.83. The lowest BCUT2D eigenvalue weighted by Gasteiger charge is -2.35. The van der Waals surface area contributed by atoms with Gasteiger partial charge in [0, 0.05) is 12.1 Å². The highest BCUT2D eigenvalue weighted by atomic mass is 17.0. The number of anilines is 1. The highest BCUT2D eigenvalue weighted by Gasteiger charge is 2.44. The molecule has 1 aromatic rings. The lowest BCUT2D eigenvalue weighted by atomic mass is 10.0. The first-order valence-corrected chi connectivity index (χ1v) is 10.6. The fourth-order valence-corrected chi connectivity index (χ4v) is 3.72. The van der Waals surface area contributed by atoms with Crippen molar-refractivity contribution in [2.45, 2.75) is 51.2 Å². The van der Waals surface area contributed by atoms with Crippen molar-refractivity contribution in [3.63, 3.8) is 0 Å². The van der Waals surface area contributed by atoms with Crippen molar-refractivity contribution >= 4 is 35.3 Å². The summed E-state index contributed by atoms with van der Waals surface area (Å²) < 4.78 is 21.2. The number of fused-ring (bicyclic) bond motifs is 1. The third kappa shape index (κ3) is 5.07. The number of imide groups is 2. The fourth-order valence-electron chi connectivity index (χ4n) is 3.72. The van der Waals surface area contributed by atoms with Crippen molar-refractivity contribution in [3.05, 3.63) is 29.3 Å². The Kier molecular flexibility index (Phi) is 6.88. The highest BCUT2D eigenvalue weighted by molar-refractivity contribution is 6.23. The molecular formula is C21H23N3O10. The number of hydrogen-bond donors (Lipinski definition) is 3. The van der Waals surface area contributed by atoms with Crippen molar-refractivity contribution in [2.75, 3.05) is 18.5 Å². The van der Waals surface area contributed by atoms with E-state index >= 15 is 0 Å². The van der Waals surface area contributed by atoms with E-state index in [2.05, 4.69) is 10.6 Å². The van der Waals surface area contributed by atoms with Gasteiger partial charge >= 0.3 is 5.97 Å². The summed E-state index contributed by atoms with van der Waals surface area (Å²) in [7, 11) is 0. The molecule has 0 spiro atoms. The average molecular weight is 477 g/mol. The molecule has 0 aromatic heterocycles. The predicted octanol–water partition coefficient (Wildman–Crippen LogP) is 0.0101. The molecule has 1 aromatic carbocycles. The van der Waals surface area contributed by atoms with Crippen LogP contribution in [0.1, 0.15) is 46.9 Å². The van der Waals surface area contributed by atoms with Crippen LogP contribution in [0, 0.1) is 0 Å².